The molecule has 27 heavy (non-hydrogen) atoms. The van der Waals surface area contributed by atoms with Gasteiger partial charge in [-0.3, -0.25) is 4.79 Å². The van der Waals surface area contributed by atoms with Gasteiger partial charge in [0.1, 0.15) is 11.9 Å². The van der Waals surface area contributed by atoms with Gasteiger partial charge in [0.15, 0.2) is 0 Å². The van der Waals surface area contributed by atoms with Gasteiger partial charge in [0, 0.05) is 16.4 Å². The number of ether oxygens (including phenoxy) is 1. The first-order chi connectivity index (χ1) is 13.1. The second kappa shape index (κ2) is 7.61. The molecular formula is C24H22O2S. The van der Waals surface area contributed by atoms with E-state index in [9.17, 15) is 4.79 Å². The molecule has 1 saturated carbocycles. The van der Waals surface area contributed by atoms with Gasteiger partial charge < -0.3 is 4.74 Å². The number of benzene rings is 3. The Morgan fingerprint density at radius 1 is 0.852 bits per heavy atom. The lowest BCUT2D eigenvalue weighted by atomic mass is 10.1. The van der Waals surface area contributed by atoms with Gasteiger partial charge in [0.05, 0.1) is 0 Å². The van der Waals surface area contributed by atoms with E-state index < -0.39 is 0 Å². The lowest BCUT2D eigenvalue weighted by Gasteiger charge is -2.07. The molecule has 0 radical (unpaired) electrons. The van der Waals surface area contributed by atoms with Crippen LogP contribution in [0.1, 0.15) is 39.4 Å². The lowest BCUT2D eigenvalue weighted by molar-refractivity contribution is 0.108. The Labute approximate surface area is 164 Å². The van der Waals surface area contributed by atoms with Crippen molar-refractivity contribution in [2.24, 2.45) is 0 Å². The molecule has 0 amide bonds. The molecular weight excluding hydrogens is 352 g/mol. The minimum absolute atomic E-state index is 0.0605. The van der Waals surface area contributed by atoms with E-state index in [0.29, 0.717) is 5.92 Å². The maximum absolute atomic E-state index is 12.4. The first kappa shape index (κ1) is 17.9. The van der Waals surface area contributed by atoms with Gasteiger partial charge in [-0.15, -0.1) is 0 Å². The highest BCUT2D eigenvalue weighted by molar-refractivity contribution is 8.14. The normalized spacial score (nSPS) is 18.1. The van der Waals surface area contributed by atoms with Crippen LogP contribution in [0.5, 0.6) is 5.75 Å². The van der Waals surface area contributed by atoms with Gasteiger partial charge in [-0.2, -0.15) is 0 Å². The average Bonchev–Trinajstić information content (AvgIpc) is 3.43. The number of hydrogen-bond acceptors (Lipinski definition) is 3. The smallest absolute Gasteiger partial charge is 0.224 e. The van der Waals surface area contributed by atoms with Crippen molar-refractivity contribution in [3.63, 3.8) is 0 Å². The van der Waals surface area contributed by atoms with Gasteiger partial charge in [-0.05, 0) is 61.9 Å². The van der Waals surface area contributed by atoms with Crippen LogP contribution >= 0.6 is 11.8 Å². The minimum atomic E-state index is 0.0605. The van der Waals surface area contributed by atoms with Crippen molar-refractivity contribution in [2.75, 3.05) is 0 Å². The number of hydrogen-bond donors (Lipinski definition) is 0. The van der Waals surface area contributed by atoms with Gasteiger partial charge in [0.2, 0.25) is 5.12 Å². The van der Waals surface area contributed by atoms with Crippen LogP contribution < -0.4 is 4.74 Å². The molecule has 0 aliphatic heterocycles. The number of carbonyl (C=O) groups is 1. The summed E-state index contributed by atoms with van der Waals surface area (Å²) in [6, 6.07) is 24.2. The van der Waals surface area contributed by atoms with Crippen molar-refractivity contribution < 1.29 is 9.53 Å². The number of aryl methyl sites for hydroxylation is 2. The highest BCUT2D eigenvalue weighted by Gasteiger charge is 2.40. The molecule has 2 unspecified atom stereocenters. The molecule has 0 spiro atoms. The molecule has 3 aromatic carbocycles. The van der Waals surface area contributed by atoms with Gasteiger partial charge >= 0.3 is 0 Å². The number of carbonyl (C=O) groups excluding carboxylic acids is 1. The number of thioether (sulfide) groups is 1. The molecule has 3 aromatic rings. The molecule has 0 heterocycles. The van der Waals surface area contributed by atoms with Crippen molar-refractivity contribution in [3.05, 3.63) is 95.1 Å². The molecule has 1 aliphatic rings. The first-order valence-electron chi connectivity index (χ1n) is 9.20. The van der Waals surface area contributed by atoms with Crippen molar-refractivity contribution in [3.8, 4) is 5.75 Å². The van der Waals surface area contributed by atoms with Crippen LogP contribution in [-0.4, -0.2) is 11.2 Å². The van der Waals surface area contributed by atoms with Gasteiger partial charge in [-0.1, -0.05) is 59.7 Å². The molecule has 0 aromatic heterocycles. The molecule has 1 fully saturated rings. The van der Waals surface area contributed by atoms with Crippen molar-refractivity contribution in [2.45, 2.75) is 37.2 Å². The molecule has 4 rings (SSSR count). The molecule has 2 atom stereocenters. The van der Waals surface area contributed by atoms with Crippen LogP contribution in [0.15, 0.2) is 77.7 Å². The Hall–Kier alpha value is -2.52. The SMILES string of the molecule is Cc1ccc(C(=O)Sc2ccc(OC3CC3c3ccc(C)cc3)cc2)cc1. The molecule has 0 saturated heterocycles. The predicted octanol–water partition coefficient (Wildman–Crippen LogP) is 6.17. The summed E-state index contributed by atoms with van der Waals surface area (Å²) >= 11 is 1.25. The Kier molecular flexibility index (Phi) is 5.04. The quantitative estimate of drug-likeness (QED) is 0.500. The van der Waals surface area contributed by atoms with E-state index in [1.807, 2.05) is 55.5 Å². The molecule has 136 valence electrons. The predicted molar refractivity (Wildman–Crippen MR) is 111 cm³/mol. The second-order valence-electron chi connectivity index (χ2n) is 7.14. The summed E-state index contributed by atoms with van der Waals surface area (Å²) in [4.78, 5) is 13.3. The standard InChI is InChI=1S/C24H22O2S/c1-16-3-7-18(8-4-16)22-15-23(22)26-20-11-13-21(14-12-20)27-24(25)19-9-5-17(2)6-10-19/h3-14,22-23H,15H2,1-2H3. The largest absolute Gasteiger partial charge is 0.490 e. The van der Waals surface area contributed by atoms with E-state index in [1.165, 1.54) is 22.9 Å². The third-order valence-electron chi connectivity index (χ3n) is 4.85. The van der Waals surface area contributed by atoms with Crippen LogP contribution in [0.4, 0.5) is 0 Å². The number of rotatable bonds is 5. The summed E-state index contributed by atoms with van der Waals surface area (Å²) in [5.41, 5.74) is 4.51. The van der Waals surface area contributed by atoms with Crippen molar-refractivity contribution >= 4 is 16.9 Å². The van der Waals surface area contributed by atoms with Crippen LogP contribution in [0, 0.1) is 13.8 Å². The summed E-state index contributed by atoms with van der Waals surface area (Å²) in [6.45, 7) is 4.12. The van der Waals surface area contributed by atoms with E-state index in [2.05, 4.69) is 31.2 Å². The maximum Gasteiger partial charge on any atom is 0.224 e. The third kappa shape index (κ3) is 4.42. The van der Waals surface area contributed by atoms with Crippen LogP contribution in [0.25, 0.3) is 0 Å². The Balaban J connectivity index is 1.33. The molecule has 1 aliphatic carbocycles. The molecule has 2 nitrogen and oxygen atoms in total. The van der Waals surface area contributed by atoms with Gasteiger partial charge in [-0.25, -0.2) is 0 Å². The fourth-order valence-electron chi connectivity index (χ4n) is 3.08. The summed E-state index contributed by atoms with van der Waals surface area (Å²) in [5.74, 6) is 1.35. The van der Waals surface area contributed by atoms with E-state index >= 15 is 0 Å². The third-order valence-corrected chi connectivity index (χ3v) is 5.78. The topological polar surface area (TPSA) is 26.3 Å². The van der Waals surface area contributed by atoms with Crippen molar-refractivity contribution in [1.29, 1.82) is 0 Å². The van der Waals surface area contributed by atoms with E-state index in [0.717, 1.165) is 28.2 Å². The fraction of sp³-hybridized carbons (Fsp3) is 0.208. The Bertz CT molecular complexity index is 928. The zero-order valence-electron chi connectivity index (χ0n) is 15.5. The summed E-state index contributed by atoms with van der Waals surface area (Å²) in [7, 11) is 0. The summed E-state index contributed by atoms with van der Waals surface area (Å²) in [6.07, 6.45) is 1.31. The second-order valence-corrected chi connectivity index (χ2v) is 8.18. The highest BCUT2D eigenvalue weighted by Crippen LogP contribution is 2.43. The van der Waals surface area contributed by atoms with Crippen LogP contribution in [-0.2, 0) is 0 Å². The molecule has 0 bridgehead atoms. The monoisotopic (exact) mass is 374 g/mol. The molecule has 0 N–H and O–H groups in total. The average molecular weight is 375 g/mol. The van der Waals surface area contributed by atoms with E-state index in [1.54, 1.807) is 0 Å². The zero-order valence-corrected chi connectivity index (χ0v) is 16.3. The van der Waals surface area contributed by atoms with Crippen LogP contribution in [0.3, 0.4) is 0 Å². The summed E-state index contributed by atoms with van der Waals surface area (Å²) < 4.78 is 6.09. The van der Waals surface area contributed by atoms with E-state index in [-0.39, 0.29) is 11.2 Å². The minimum Gasteiger partial charge on any atom is -0.490 e. The maximum atomic E-state index is 12.4. The highest BCUT2D eigenvalue weighted by atomic mass is 32.2. The van der Waals surface area contributed by atoms with Crippen molar-refractivity contribution in [1.82, 2.24) is 0 Å². The van der Waals surface area contributed by atoms with Crippen LogP contribution in [0.2, 0.25) is 0 Å². The summed E-state index contributed by atoms with van der Waals surface area (Å²) in [5, 5.41) is 0.0605. The molecule has 3 heteroatoms. The lowest BCUT2D eigenvalue weighted by Crippen LogP contribution is -2.00. The van der Waals surface area contributed by atoms with Gasteiger partial charge in [0.25, 0.3) is 0 Å². The Morgan fingerprint density at radius 3 is 2.07 bits per heavy atom. The first-order valence-corrected chi connectivity index (χ1v) is 10.0. The fourth-order valence-corrected chi connectivity index (χ4v) is 3.82. The Morgan fingerprint density at radius 2 is 1.44 bits per heavy atom. The zero-order chi connectivity index (χ0) is 18.8. The van der Waals surface area contributed by atoms with E-state index in [4.69, 9.17) is 4.74 Å².